The van der Waals surface area contributed by atoms with E-state index in [-0.39, 0.29) is 0 Å². The van der Waals surface area contributed by atoms with Gasteiger partial charge in [-0.15, -0.1) is 0 Å². The number of pyridine rings is 1. The largest absolute Gasteiger partial charge is 0.326 e. The molecule has 4 nitrogen and oxygen atoms in total. The van der Waals surface area contributed by atoms with E-state index < -0.39 is 0 Å². The van der Waals surface area contributed by atoms with Crippen LogP contribution in [0.1, 0.15) is 36.5 Å². The maximum atomic E-state index is 5.71. The van der Waals surface area contributed by atoms with E-state index in [0.29, 0.717) is 6.54 Å². The van der Waals surface area contributed by atoms with Crippen LogP contribution in [0.4, 0.5) is 0 Å². The Labute approximate surface area is 108 Å². The van der Waals surface area contributed by atoms with E-state index >= 15 is 0 Å². The van der Waals surface area contributed by atoms with Gasteiger partial charge in [0, 0.05) is 17.9 Å². The fourth-order valence-electron chi connectivity index (χ4n) is 2.05. The Morgan fingerprint density at radius 3 is 2.56 bits per heavy atom. The van der Waals surface area contributed by atoms with Gasteiger partial charge in [0.05, 0.1) is 5.69 Å². The summed E-state index contributed by atoms with van der Waals surface area (Å²) in [5, 5.41) is 4.60. The molecule has 2 aromatic rings. The van der Waals surface area contributed by atoms with Crippen LogP contribution in [0.2, 0.25) is 0 Å². The number of aryl methyl sites for hydroxylation is 3. The number of hydrogen-bond donors (Lipinski definition) is 1. The van der Waals surface area contributed by atoms with Crippen LogP contribution in [0.3, 0.4) is 0 Å². The standard InChI is InChI=1S/C14H20N4/c1-4-12-8-13(5-2)18(17-12)14-7-11(9-15)6-10(3)16-14/h6-8H,4-5,9,15H2,1-3H3. The third-order valence-electron chi connectivity index (χ3n) is 3.01. The molecular weight excluding hydrogens is 224 g/mol. The van der Waals surface area contributed by atoms with Gasteiger partial charge in [0.15, 0.2) is 5.82 Å². The quantitative estimate of drug-likeness (QED) is 0.896. The number of hydrogen-bond acceptors (Lipinski definition) is 3. The van der Waals surface area contributed by atoms with Crippen LogP contribution in [0.15, 0.2) is 18.2 Å². The third-order valence-corrected chi connectivity index (χ3v) is 3.01. The number of rotatable bonds is 4. The molecule has 2 heterocycles. The number of nitrogens with zero attached hydrogens (tertiary/aromatic N) is 3. The summed E-state index contributed by atoms with van der Waals surface area (Å²) in [5.41, 5.74) is 10.1. The average Bonchev–Trinajstić information content (AvgIpc) is 2.81. The van der Waals surface area contributed by atoms with E-state index in [1.54, 1.807) is 0 Å². The minimum atomic E-state index is 0.528. The Hall–Kier alpha value is -1.68. The number of nitrogens with two attached hydrogens (primary N) is 1. The molecule has 0 saturated heterocycles. The first-order chi connectivity index (χ1) is 8.67. The third kappa shape index (κ3) is 2.43. The molecular formula is C14H20N4. The van der Waals surface area contributed by atoms with Crippen molar-refractivity contribution in [2.24, 2.45) is 5.73 Å². The zero-order valence-electron chi connectivity index (χ0n) is 11.3. The van der Waals surface area contributed by atoms with Crippen molar-refractivity contribution in [1.82, 2.24) is 14.8 Å². The van der Waals surface area contributed by atoms with Crippen molar-refractivity contribution in [3.8, 4) is 5.82 Å². The van der Waals surface area contributed by atoms with Gasteiger partial charge in [-0.3, -0.25) is 0 Å². The Morgan fingerprint density at radius 1 is 1.17 bits per heavy atom. The van der Waals surface area contributed by atoms with Gasteiger partial charge in [0.2, 0.25) is 0 Å². The fraction of sp³-hybridized carbons (Fsp3) is 0.429. The van der Waals surface area contributed by atoms with Gasteiger partial charge < -0.3 is 5.73 Å². The predicted octanol–water partition coefficient (Wildman–Crippen LogP) is 2.16. The van der Waals surface area contributed by atoms with Crippen LogP contribution >= 0.6 is 0 Å². The summed E-state index contributed by atoms with van der Waals surface area (Å²) < 4.78 is 1.94. The predicted molar refractivity (Wildman–Crippen MR) is 72.7 cm³/mol. The van der Waals surface area contributed by atoms with Crippen molar-refractivity contribution in [3.05, 3.63) is 40.8 Å². The Kier molecular flexibility index (Phi) is 3.77. The van der Waals surface area contributed by atoms with Crippen LogP contribution < -0.4 is 5.73 Å². The molecule has 0 amide bonds. The van der Waals surface area contributed by atoms with Crippen LogP contribution in [-0.4, -0.2) is 14.8 Å². The fourth-order valence-corrected chi connectivity index (χ4v) is 2.05. The van der Waals surface area contributed by atoms with Gasteiger partial charge in [-0.2, -0.15) is 5.10 Å². The summed E-state index contributed by atoms with van der Waals surface area (Å²) >= 11 is 0. The molecule has 4 heteroatoms. The summed E-state index contributed by atoms with van der Waals surface area (Å²) in [6, 6.07) is 6.17. The lowest BCUT2D eigenvalue weighted by molar-refractivity contribution is 0.766. The molecule has 0 unspecified atom stereocenters. The lowest BCUT2D eigenvalue weighted by Gasteiger charge is -2.08. The van der Waals surface area contributed by atoms with E-state index in [9.17, 15) is 0 Å². The zero-order chi connectivity index (χ0) is 13.1. The van der Waals surface area contributed by atoms with Gasteiger partial charge in [-0.1, -0.05) is 13.8 Å². The topological polar surface area (TPSA) is 56.7 Å². The molecule has 96 valence electrons. The Bertz CT molecular complexity index is 543. The highest BCUT2D eigenvalue weighted by atomic mass is 15.3. The summed E-state index contributed by atoms with van der Waals surface area (Å²) in [7, 11) is 0. The first kappa shape index (κ1) is 12.8. The second-order valence-corrected chi connectivity index (χ2v) is 4.43. The Morgan fingerprint density at radius 2 is 1.94 bits per heavy atom. The Balaban J connectivity index is 2.53. The summed E-state index contributed by atoms with van der Waals surface area (Å²) in [6.45, 7) is 6.76. The van der Waals surface area contributed by atoms with Crippen molar-refractivity contribution in [2.75, 3.05) is 0 Å². The summed E-state index contributed by atoms with van der Waals surface area (Å²) in [6.07, 6.45) is 1.89. The van der Waals surface area contributed by atoms with Crippen LogP contribution in [0.25, 0.3) is 5.82 Å². The molecule has 0 aliphatic carbocycles. The molecule has 0 spiro atoms. The maximum Gasteiger partial charge on any atom is 0.154 e. The lowest BCUT2D eigenvalue weighted by atomic mass is 10.2. The molecule has 2 N–H and O–H groups in total. The lowest BCUT2D eigenvalue weighted by Crippen LogP contribution is -2.07. The van der Waals surface area contributed by atoms with Crippen molar-refractivity contribution in [2.45, 2.75) is 40.2 Å². The van der Waals surface area contributed by atoms with Gasteiger partial charge in [0.1, 0.15) is 0 Å². The van der Waals surface area contributed by atoms with Crippen molar-refractivity contribution in [3.63, 3.8) is 0 Å². The monoisotopic (exact) mass is 244 g/mol. The van der Waals surface area contributed by atoms with Crippen LogP contribution in [-0.2, 0) is 19.4 Å². The molecule has 0 fully saturated rings. The zero-order valence-corrected chi connectivity index (χ0v) is 11.3. The van der Waals surface area contributed by atoms with E-state index in [0.717, 1.165) is 35.6 Å². The molecule has 0 radical (unpaired) electrons. The van der Waals surface area contributed by atoms with Gasteiger partial charge in [0.25, 0.3) is 0 Å². The smallest absolute Gasteiger partial charge is 0.154 e. The molecule has 0 aliphatic heterocycles. The summed E-state index contributed by atoms with van der Waals surface area (Å²) in [4.78, 5) is 4.55. The minimum Gasteiger partial charge on any atom is -0.326 e. The van der Waals surface area contributed by atoms with Gasteiger partial charge in [-0.25, -0.2) is 9.67 Å². The van der Waals surface area contributed by atoms with E-state index in [1.165, 1.54) is 5.69 Å². The minimum absolute atomic E-state index is 0.528. The van der Waals surface area contributed by atoms with Gasteiger partial charge in [-0.05, 0) is 43.5 Å². The highest BCUT2D eigenvalue weighted by Gasteiger charge is 2.09. The van der Waals surface area contributed by atoms with Crippen LogP contribution in [0.5, 0.6) is 0 Å². The number of aromatic nitrogens is 3. The highest BCUT2D eigenvalue weighted by Crippen LogP contribution is 2.14. The molecule has 0 aromatic carbocycles. The average molecular weight is 244 g/mol. The SMILES string of the molecule is CCc1cc(CC)n(-c2cc(CN)cc(C)n2)n1. The van der Waals surface area contributed by atoms with E-state index in [1.807, 2.05) is 23.7 Å². The molecule has 0 bridgehead atoms. The molecule has 0 aliphatic rings. The molecule has 2 rings (SSSR count). The second-order valence-electron chi connectivity index (χ2n) is 4.43. The van der Waals surface area contributed by atoms with Crippen molar-refractivity contribution >= 4 is 0 Å². The molecule has 0 saturated carbocycles. The maximum absolute atomic E-state index is 5.71. The molecule has 2 aromatic heterocycles. The molecule has 18 heavy (non-hydrogen) atoms. The van der Waals surface area contributed by atoms with Crippen LogP contribution in [0, 0.1) is 6.92 Å². The summed E-state index contributed by atoms with van der Waals surface area (Å²) in [5.74, 6) is 0.868. The van der Waals surface area contributed by atoms with E-state index in [2.05, 4.69) is 30.0 Å². The highest BCUT2D eigenvalue weighted by molar-refractivity contribution is 5.32. The van der Waals surface area contributed by atoms with Crippen molar-refractivity contribution < 1.29 is 0 Å². The first-order valence-electron chi connectivity index (χ1n) is 6.43. The first-order valence-corrected chi connectivity index (χ1v) is 6.43. The van der Waals surface area contributed by atoms with Crippen molar-refractivity contribution in [1.29, 1.82) is 0 Å². The normalized spacial score (nSPS) is 10.9. The van der Waals surface area contributed by atoms with E-state index in [4.69, 9.17) is 5.73 Å². The van der Waals surface area contributed by atoms with Gasteiger partial charge >= 0.3 is 0 Å². The molecule has 0 atom stereocenters. The second kappa shape index (κ2) is 5.31.